The predicted octanol–water partition coefficient (Wildman–Crippen LogP) is 2.52. The highest BCUT2D eigenvalue weighted by Crippen LogP contribution is 2.18. The fourth-order valence-corrected chi connectivity index (χ4v) is 2.39. The zero-order valence-electron chi connectivity index (χ0n) is 12.9. The molecule has 126 valence electrons. The lowest BCUT2D eigenvalue weighted by Crippen LogP contribution is -2.21. The van der Waals surface area contributed by atoms with Crippen LogP contribution in [0.3, 0.4) is 0 Å². The Kier molecular flexibility index (Phi) is 4.71. The van der Waals surface area contributed by atoms with Crippen LogP contribution in [0.15, 0.2) is 54.2 Å². The molecule has 25 heavy (non-hydrogen) atoms. The lowest BCUT2D eigenvalue weighted by molar-refractivity contribution is -0.384. The molecule has 7 nitrogen and oxygen atoms in total. The summed E-state index contributed by atoms with van der Waals surface area (Å²) in [5.74, 6) is 0.392. The number of nitrogens with one attached hydrogen (secondary N) is 2. The van der Waals surface area contributed by atoms with Gasteiger partial charge in [0.05, 0.1) is 4.92 Å². The smallest absolute Gasteiger partial charge is 0.273 e. The van der Waals surface area contributed by atoms with Crippen LogP contribution >= 0.6 is 12.2 Å². The van der Waals surface area contributed by atoms with Gasteiger partial charge >= 0.3 is 0 Å². The van der Waals surface area contributed by atoms with Gasteiger partial charge in [0.2, 0.25) is 0 Å². The number of nitro groups is 1. The third-order valence-corrected chi connectivity index (χ3v) is 3.67. The zero-order valence-corrected chi connectivity index (χ0v) is 13.7. The Bertz CT molecular complexity index is 860. The molecule has 0 radical (unpaired) electrons. The van der Waals surface area contributed by atoms with Crippen LogP contribution in [0.4, 0.5) is 5.69 Å². The second-order valence-electron chi connectivity index (χ2n) is 5.25. The summed E-state index contributed by atoms with van der Waals surface area (Å²) in [7, 11) is 0. The van der Waals surface area contributed by atoms with E-state index in [9.17, 15) is 14.9 Å². The number of carbonyl (C=O) groups is 1. The number of hydrogen-bond donors (Lipinski definition) is 2. The third kappa shape index (κ3) is 4.18. The van der Waals surface area contributed by atoms with E-state index in [0.29, 0.717) is 23.2 Å². The first kappa shape index (κ1) is 16.6. The summed E-state index contributed by atoms with van der Waals surface area (Å²) in [5.41, 5.74) is 2.09. The summed E-state index contributed by atoms with van der Waals surface area (Å²) in [6, 6.07) is 13.4. The Balaban J connectivity index is 1.61. The van der Waals surface area contributed by atoms with Crippen LogP contribution in [-0.4, -0.2) is 15.9 Å². The lowest BCUT2D eigenvalue weighted by atomic mass is 10.2. The summed E-state index contributed by atoms with van der Waals surface area (Å²) in [4.78, 5) is 21.8. The summed E-state index contributed by atoms with van der Waals surface area (Å²) < 4.78 is 5.65. The van der Waals surface area contributed by atoms with E-state index in [4.69, 9.17) is 17.0 Å². The second-order valence-corrected chi connectivity index (χ2v) is 5.66. The quantitative estimate of drug-likeness (QED) is 0.370. The minimum Gasteiger partial charge on any atom is -0.489 e. The van der Waals surface area contributed by atoms with Gasteiger partial charge in [-0.3, -0.25) is 20.2 Å². The van der Waals surface area contributed by atoms with Gasteiger partial charge in [-0.1, -0.05) is 12.1 Å². The molecule has 1 saturated heterocycles. The van der Waals surface area contributed by atoms with Gasteiger partial charge in [-0.15, -0.1) is 0 Å². The normalized spacial score (nSPS) is 15.0. The van der Waals surface area contributed by atoms with Crippen molar-refractivity contribution in [2.24, 2.45) is 0 Å². The zero-order chi connectivity index (χ0) is 17.8. The molecule has 0 saturated carbocycles. The maximum atomic E-state index is 11.6. The van der Waals surface area contributed by atoms with Gasteiger partial charge in [0.1, 0.15) is 18.1 Å². The van der Waals surface area contributed by atoms with E-state index in [-0.39, 0.29) is 11.6 Å². The van der Waals surface area contributed by atoms with Crippen molar-refractivity contribution in [3.63, 3.8) is 0 Å². The summed E-state index contributed by atoms with van der Waals surface area (Å²) >= 11 is 4.87. The van der Waals surface area contributed by atoms with Gasteiger partial charge in [-0.05, 0) is 53.7 Å². The van der Waals surface area contributed by atoms with Gasteiger partial charge in [0.15, 0.2) is 5.11 Å². The van der Waals surface area contributed by atoms with E-state index in [1.54, 1.807) is 30.3 Å². The first-order chi connectivity index (χ1) is 12.0. The highest BCUT2D eigenvalue weighted by Gasteiger charge is 2.19. The van der Waals surface area contributed by atoms with Crippen molar-refractivity contribution in [1.82, 2.24) is 10.6 Å². The number of nitro benzene ring substituents is 1. The average Bonchev–Trinajstić information content (AvgIpc) is 2.92. The second kappa shape index (κ2) is 7.10. The molecule has 2 N–H and O–H groups in total. The summed E-state index contributed by atoms with van der Waals surface area (Å²) in [6.07, 6.45) is 1.69. The Hall–Kier alpha value is -3.26. The average molecular weight is 355 g/mol. The molecule has 2 aromatic carbocycles. The SMILES string of the molecule is O=C1NC(=S)N/C1=C/c1ccc(OCc2ccc([N+](=O)[O-])cc2)cc1. The van der Waals surface area contributed by atoms with Crippen molar-refractivity contribution in [3.8, 4) is 5.75 Å². The van der Waals surface area contributed by atoms with Crippen molar-refractivity contribution < 1.29 is 14.5 Å². The van der Waals surface area contributed by atoms with Crippen LogP contribution in [0.1, 0.15) is 11.1 Å². The monoisotopic (exact) mass is 355 g/mol. The molecule has 2 aromatic rings. The molecule has 1 aliphatic heterocycles. The van der Waals surface area contributed by atoms with Gasteiger partial charge in [0.25, 0.3) is 11.6 Å². The largest absolute Gasteiger partial charge is 0.489 e. The molecule has 0 aromatic heterocycles. The van der Waals surface area contributed by atoms with Crippen LogP contribution in [0, 0.1) is 10.1 Å². The summed E-state index contributed by atoms with van der Waals surface area (Å²) in [6.45, 7) is 0.302. The van der Waals surface area contributed by atoms with Gasteiger partial charge in [-0.2, -0.15) is 0 Å². The number of thiocarbonyl (C=S) groups is 1. The molecule has 3 rings (SSSR count). The number of nitrogens with zero attached hydrogens (tertiary/aromatic N) is 1. The van der Waals surface area contributed by atoms with Crippen molar-refractivity contribution in [1.29, 1.82) is 0 Å². The van der Waals surface area contributed by atoms with Crippen molar-refractivity contribution in [3.05, 3.63) is 75.5 Å². The molecule has 1 heterocycles. The molecular weight excluding hydrogens is 342 g/mol. The number of rotatable bonds is 5. The lowest BCUT2D eigenvalue weighted by Gasteiger charge is -2.06. The maximum absolute atomic E-state index is 11.6. The molecule has 1 aliphatic rings. The van der Waals surface area contributed by atoms with Gasteiger partial charge in [-0.25, -0.2) is 0 Å². The fourth-order valence-electron chi connectivity index (χ4n) is 2.19. The number of ether oxygens (including phenoxy) is 1. The molecule has 0 bridgehead atoms. The number of carbonyl (C=O) groups excluding carboxylic acids is 1. The number of hydrogen-bond acceptors (Lipinski definition) is 5. The molecule has 0 unspecified atom stereocenters. The number of non-ortho nitro benzene ring substituents is 1. The predicted molar refractivity (Wildman–Crippen MR) is 95.7 cm³/mol. The van der Waals surface area contributed by atoms with E-state index in [2.05, 4.69) is 10.6 Å². The van der Waals surface area contributed by atoms with E-state index in [0.717, 1.165) is 11.1 Å². The molecule has 0 aliphatic carbocycles. The number of benzene rings is 2. The Morgan fingerprint density at radius 2 is 1.76 bits per heavy atom. The highest BCUT2D eigenvalue weighted by atomic mass is 32.1. The van der Waals surface area contributed by atoms with E-state index in [1.165, 1.54) is 12.1 Å². The van der Waals surface area contributed by atoms with Crippen LogP contribution in [0.5, 0.6) is 5.75 Å². The van der Waals surface area contributed by atoms with Gasteiger partial charge in [0, 0.05) is 12.1 Å². The molecule has 1 fully saturated rings. The minimum absolute atomic E-state index is 0.0465. The fraction of sp³-hybridized carbons (Fsp3) is 0.0588. The molecule has 1 amide bonds. The molecule has 8 heteroatoms. The van der Waals surface area contributed by atoms with Gasteiger partial charge < -0.3 is 10.1 Å². The molecule has 0 spiro atoms. The Labute approximate surface area is 148 Å². The van der Waals surface area contributed by atoms with E-state index >= 15 is 0 Å². The topological polar surface area (TPSA) is 93.5 Å². The summed E-state index contributed by atoms with van der Waals surface area (Å²) in [5, 5.41) is 16.2. The first-order valence-electron chi connectivity index (χ1n) is 7.31. The highest BCUT2D eigenvalue weighted by molar-refractivity contribution is 7.80. The van der Waals surface area contributed by atoms with E-state index in [1.807, 2.05) is 12.1 Å². The molecule has 0 atom stereocenters. The number of amides is 1. The Morgan fingerprint density at radius 1 is 1.08 bits per heavy atom. The van der Waals surface area contributed by atoms with Crippen molar-refractivity contribution in [2.45, 2.75) is 6.61 Å². The maximum Gasteiger partial charge on any atom is 0.273 e. The molecular formula is C17H13N3O4S. The van der Waals surface area contributed by atoms with E-state index < -0.39 is 4.92 Å². The Morgan fingerprint density at radius 3 is 2.32 bits per heavy atom. The van der Waals surface area contributed by atoms with Crippen LogP contribution < -0.4 is 15.4 Å². The van der Waals surface area contributed by atoms with Crippen molar-refractivity contribution in [2.75, 3.05) is 0 Å². The van der Waals surface area contributed by atoms with Crippen molar-refractivity contribution >= 4 is 35.0 Å². The first-order valence-corrected chi connectivity index (χ1v) is 7.72. The van der Waals surface area contributed by atoms with Crippen LogP contribution in [0.25, 0.3) is 6.08 Å². The minimum atomic E-state index is -0.440. The van der Waals surface area contributed by atoms with Crippen LogP contribution in [-0.2, 0) is 11.4 Å². The van der Waals surface area contributed by atoms with Crippen LogP contribution in [0.2, 0.25) is 0 Å². The third-order valence-electron chi connectivity index (χ3n) is 3.46. The standard InChI is InChI=1S/C17H13N3O4S/c21-16-15(18-17(25)19-16)9-11-3-7-14(8-4-11)24-10-12-1-5-13(6-2-12)20(22)23/h1-9H,10H2,(H2,18,19,21,25)/b15-9+.